The van der Waals surface area contributed by atoms with Gasteiger partial charge in [0.15, 0.2) is 0 Å². The van der Waals surface area contributed by atoms with E-state index in [0.717, 1.165) is 18.5 Å². The number of rotatable bonds is 6. The molecule has 0 spiro atoms. The third-order valence-electron chi connectivity index (χ3n) is 3.16. The molecule has 0 aliphatic heterocycles. The molecule has 1 aliphatic rings. The summed E-state index contributed by atoms with van der Waals surface area (Å²) in [6, 6.07) is 0. The van der Waals surface area contributed by atoms with E-state index in [1.165, 1.54) is 31.2 Å². The van der Waals surface area contributed by atoms with Crippen LogP contribution >= 0.6 is 0 Å². The summed E-state index contributed by atoms with van der Waals surface area (Å²) in [5.41, 5.74) is 2.50. The summed E-state index contributed by atoms with van der Waals surface area (Å²) in [5, 5.41) is 2.96. The van der Waals surface area contributed by atoms with Crippen molar-refractivity contribution in [3.8, 4) is 0 Å². The molecule has 0 unspecified atom stereocenters. The van der Waals surface area contributed by atoms with E-state index in [1.807, 2.05) is 0 Å². The van der Waals surface area contributed by atoms with Crippen LogP contribution in [0.3, 0.4) is 0 Å². The van der Waals surface area contributed by atoms with Gasteiger partial charge in [-0.3, -0.25) is 4.79 Å². The Morgan fingerprint density at radius 1 is 1.28 bits per heavy atom. The second-order valence-electron chi connectivity index (χ2n) is 4.60. The van der Waals surface area contributed by atoms with Crippen LogP contribution < -0.4 is 5.32 Å². The van der Waals surface area contributed by atoms with Crippen LogP contribution in [-0.4, -0.2) is 22.4 Å². The summed E-state index contributed by atoms with van der Waals surface area (Å²) >= 11 is 0. The van der Waals surface area contributed by atoms with Crippen molar-refractivity contribution in [1.82, 2.24) is 15.3 Å². The minimum atomic E-state index is 0.109. The number of aromatic nitrogens is 2. The van der Waals surface area contributed by atoms with Gasteiger partial charge in [-0.2, -0.15) is 0 Å². The molecule has 0 aromatic carbocycles. The van der Waals surface area contributed by atoms with Crippen molar-refractivity contribution in [3.05, 3.63) is 35.9 Å². The third-order valence-corrected chi connectivity index (χ3v) is 3.16. The molecule has 1 amide bonds. The summed E-state index contributed by atoms with van der Waals surface area (Å²) in [7, 11) is 0. The van der Waals surface area contributed by atoms with Gasteiger partial charge in [0, 0.05) is 25.4 Å². The molecule has 0 fully saturated rings. The van der Waals surface area contributed by atoms with Crippen molar-refractivity contribution in [2.75, 3.05) is 6.54 Å². The molecule has 4 nitrogen and oxygen atoms in total. The van der Waals surface area contributed by atoms with Crippen LogP contribution in [0, 0.1) is 0 Å². The smallest absolute Gasteiger partial charge is 0.220 e. The maximum atomic E-state index is 11.6. The van der Waals surface area contributed by atoms with Crippen LogP contribution in [0.15, 0.2) is 30.4 Å². The number of hydrogen-bond acceptors (Lipinski definition) is 3. The van der Waals surface area contributed by atoms with Crippen LogP contribution in [-0.2, 0) is 11.2 Å². The predicted molar refractivity (Wildman–Crippen MR) is 69.9 cm³/mol. The van der Waals surface area contributed by atoms with Crippen LogP contribution in [0.25, 0.3) is 0 Å². The molecule has 2 rings (SSSR count). The van der Waals surface area contributed by atoms with Crippen LogP contribution in [0.4, 0.5) is 0 Å². The number of amides is 1. The SMILES string of the molecule is O=C(CCc1cncnc1)NCCC1=CCCC1. The largest absolute Gasteiger partial charge is 0.356 e. The van der Waals surface area contributed by atoms with Gasteiger partial charge >= 0.3 is 0 Å². The molecule has 1 heterocycles. The zero-order chi connectivity index (χ0) is 12.6. The fourth-order valence-electron chi connectivity index (χ4n) is 2.13. The Balaban J connectivity index is 1.60. The summed E-state index contributed by atoms with van der Waals surface area (Å²) in [5.74, 6) is 0.109. The van der Waals surface area contributed by atoms with Crippen molar-refractivity contribution in [3.63, 3.8) is 0 Å². The Morgan fingerprint density at radius 3 is 2.83 bits per heavy atom. The molecule has 0 radical (unpaired) electrons. The summed E-state index contributed by atoms with van der Waals surface area (Å²) < 4.78 is 0. The van der Waals surface area contributed by atoms with E-state index < -0.39 is 0 Å². The monoisotopic (exact) mass is 245 g/mol. The van der Waals surface area contributed by atoms with Crippen molar-refractivity contribution >= 4 is 5.91 Å². The summed E-state index contributed by atoms with van der Waals surface area (Å²) in [6.45, 7) is 0.760. The van der Waals surface area contributed by atoms with Crippen molar-refractivity contribution < 1.29 is 4.79 Å². The first-order valence-corrected chi connectivity index (χ1v) is 6.53. The van der Waals surface area contributed by atoms with E-state index in [4.69, 9.17) is 0 Å². The van der Waals surface area contributed by atoms with Gasteiger partial charge in [0.05, 0.1) is 0 Å². The van der Waals surface area contributed by atoms with Crippen LogP contribution in [0.1, 0.15) is 37.7 Å². The third kappa shape index (κ3) is 4.28. The molecule has 1 aromatic heterocycles. The lowest BCUT2D eigenvalue weighted by molar-refractivity contribution is -0.121. The molecule has 4 heteroatoms. The molecule has 0 saturated carbocycles. The van der Waals surface area contributed by atoms with Crippen LogP contribution in [0.5, 0.6) is 0 Å². The fraction of sp³-hybridized carbons (Fsp3) is 0.500. The molecule has 1 aliphatic carbocycles. The number of aryl methyl sites for hydroxylation is 1. The van der Waals surface area contributed by atoms with Gasteiger partial charge in [-0.15, -0.1) is 0 Å². The van der Waals surface area contributed by atoms with Crippen LogP contribution in [0.2, 0.25) is 0 Å². The molecule has 18 heavy (non-hydrogen) atoms. The number of carbonyl (C=O) groups is 1. The highest BCUT2D eigenvalue weighted by Crippen LogP contribution is 2.19. The van der Waals surface area contributed by atoms with E-state index in [9.17, 15) is 4.79 Å². The van der Waals surface area contributed by atoms with Gasteiger partial charge in [-0.1, -0.05) is 11.6 Å². The highest BCUT2D eigenvalue weighted by atomic mass is 16.1. The Kier molecular flexibility index (Phi) is 4.88. The number of carbonyl (C=O) groups excluding carboxylic acids is 1. The van der Waals surface area contributed by atoms with Gasteiger partial charge in [0.1, 0.15) is 6.33 Å². The van der Waals surface area contributed by atoms with Gasteiger partial charge in [-0.05, 0) is 37.7 Å². The minimum Gasteiger partial charge on any atom is -0.356 e. The highest BCUT2D eigenvalue weighted by molar-refractivity contribution is 5.76. The lowest BCUT2D eigenvalue weighted by Gasteiger charge is -2.05. The first-order chi connectivity index (χ1) is 8.84. The lowest BCUT2D eigenvalue weighted by Crippen LogP contribution is -2.24. The molecule has 0 saturated heterocycles. The van der Waals surface area contributed by atoms with Crippen molar-refractivity contribution in [2.24, 2.45) is 0 Å². The second-order valence-corrected chi connectivity index (χ2v) is 4.60. The Labute approximate surface area is 108 Å². The van der Waals surface area contributed by atoms with Gasteiger partial charge in [-0.25, -0.2) is 9.97 Å². The van der Waals surface area contributed by atoms with Crippen molar-refractivity contribution in [2.45, 2.75) is 38.5 Å². The molecule has 96 valence electrons. The normalized spacial score (nSPS) is 14.3. The first-order valence-electron chi connectivity index (χ1n) is 6.53. The molecule has 1 aromatic rings. The maximum Gasteiger partial charge on any atom is 0.220 e. The molecule has 1 N–H and O–H groups in total. The Bertz CT molecular complexity index is 414. The average molecular weight is 245 g/mol. The number of nitrogens with zero attached hydrogens (tertiary/aromatic N) is 2. The molecule has 0 bridgehead atoms. The van der Waals surface area contributed by atoms with E-state index in [1.54, 1.807) is 12.4 Å². The Hall–Kier alpha value is -1.71. The van der Waals surface area contributed by atoms with E-state index >= 15 is 0 Å². The number of hydrogen-bond donors (Lipinski definition) is 1. The van der Waals surface area contributed by atoms with E-state index in [-0.39, 0.29) is 5.91 Å². The highest BCUT2D eigenvalue weighted by Gasteiger charge is 2.06. The molecular formula is C14H19N3O. The summed E-state index contributed by atoms with van der Waals surface area (Å²) in [6.07, 6.45) is 13.2. The standard InChI is InChI=1S/C14H19N3O/c18-14(6-5-13-9-15-11-16-10-13)17-8-7-12-3-1-2-4-12/h3,9-11H,1-2,4-8H2,(H,17,18). The fourth-order valence-corrected chi connectivity index (χ4v) is 2.13. The van der Waals surface area contributed by atoms with E-state index in [2.05, 4.69) is 21.4 Å². The van der Waals surface area contributed by atoms with Gasteiger partial charge in [0.2, 0.25) is 5.91 Å². The van der Waals surface area contributed by atoms with E-state index in [0.29, 0.717) is 12.8 Å². The Morgan fingerprint density at radius 2 is 2.11 bits per heavy atom. The van der Waals surface area contributed by atoms with Gasteiger partial charge in [0.25, 0.3) is 0 Å². The minimum absolute atomic E-state index is 0.109. The second kappa shape index (κ2) is 6.89. The predicted octanol–water partition coefficient (Wildman–Crippen LogP) is 2.03. The number of nitrogens with one attached hydrogen (secondary N) is 1. The molecular weight excluding hydrogens is 226 g/mol. The zero-order valence-corrected chi connectivity index (χ0v) is 10.6. The van der Waals surface area contributed by atoms with Gasteiger partial charge < -0.3 is 5.32 Å². The lowest BCUT2D eigenvalue weighted by atomic mass is 10.1. The summed E-state index contributed by atoms with van der Waals surface area (Å²) in [4.78, 5) is 19.5. The topological polar surface area (TPSA) is 54.9 Å². The average Bonchev–Trinajstić information content (AvgIpc) is 2.91. The zero-order valence-electron chi connectivity index (χ0n) is 10.6. The quantitative estimate of drug-likeness (QED) is 0.780. The molecule has 0 atom stereocenters. The first kappa shape index (κ1) is 12.7. The maximum absolute atomic E-state index is 11.6. The number of allylic oxidation sites excluding steroid dienone is 1. The van der Waals surface area contributed by atoms with Crippen molar-refractivity contribution in [1.29, 1.82) is 0 Å².